The Bertz CT molecular complexity index is 1170. The van der Waals surface area contributed by atoms with Crippen LogP contribution >= 0.6 is 0 Å². The second-order valence-corrected chi connectivity index (χ2v) is 10.5. The molecule has 180 valence electrons. The largest absolute Gasteiger partial charge is 0.489 e. The number of rotatable bonds is 9. The third-order valence-corrected chi connectivity index (χ3v) is 6.89. The van der Waals surface area contributed by atoms with Gasteiger partial charge in [-0.1, -0.05) is 60.2 Å². The van der Waals surface area contributed by atoms with Crippen molar-refractivity contribution in [3.63, 3.8) is 0 Å². The summed E-state index contributed by atoms with van der Waals surface area (Å²) < 4.78 is 48.4. The highest BCUT2D eigenvalue weighted by Gasteiger charge is 2.42. The zero-order valence-corrected chi connectivity index (χ0v) is 20.5. The molecule has 1 aliphatic heterocycles. The standard InChI is InChI=1S/C27H30O6S/c1-20-9-15-24(16-10-20)34(28,29)31-19-26-25(32-27(2,3)33-26)17-21-11-13-23(14-12-21)30-18-22-7-5-4-6-8-22/h4-16,25-26H,17-19H2,1-3H3/t25-,26-/m0/s1. The molecule has 3 aromatic rings. The van der Waals surface area contributed by atoms with E-state index in [1.165, 1.54) is 0 Å². The molecule has 0 bridgehead atoms. The van der Waals surface area contributed by atoms with Crippen LogP contribution in [0.5, 0.6) is 5.75 Å². The van der Waals surface area contributed by atoms with E-state index >= 15 is 0 Å². The molecule has 3 aromatic carbocycles. The van der Waals surface area contributed by atoms with Gasteiger partial charge in [-0.15, -0.1) is 0 Å². The Kier molecular flexibility index (Phi) is 7.38. The molecular weight excluding hydrogens is 452 g/mol. The molecule has 0 N–H and O–H groups in total. The number of hydrogen-bond donors (Lipinski definition) is 0. The average Bonchev–Trinajstić information content (AvgIpc) is 3.11. The van der Waals surface area contributed by atoms with E-state index in [4.69, 9.17) is 18.4 Å². The fraction of sp³-hybridized carbons (Fsp3) is 0.333. The highest BCUT2D eigenvalue weighted by molar-refractivity contribution is 7.86. The number of aryl methyl sites for hydroxylation is 1. The quantitative estimate of drug-likeness (QED) is 0.398. The molecule has 0 aromatic heterocycles. The Hall–Kier alpha value is -2.71. The Morgan fingerprint density at radius 1 is 0.824 bits per heavy atom. The van der Waals surface area contributed by atoms with Crippen LogP contribution in [0.15, 0.2) is 83.8 Å². The minimum atomic E-state index is -3.89. The summed E-state index contributed by atoms with van der Waals surface area (Å²) >= 11 is 0. The van der Waals surface area contributed by atoms with E-state index in [1.54, 1.807) is 24.3 Å². The minimum absolute atomic E-state index is 0.122. The van der Waals surface area contributed by atoms with Gasteiger partial charge in [0.2, 0.25) is 0 Å². The summed E-state index contributed by atoms with van der Waals surface area (Å²) in [4.78, 5) is 0.124. The first kappa shape index (κ1) is 24.4. The summed E-state index contributed by atoms with van der Waals surface area (Å²) in [5.74, 6) is -0.0500. The Morgan fingerprint density at radius 3 is 2.15 bits per heavy atom. The van der Waals surface area contributed by atoms with Crippen molar-refractivity contribution in [1.29, 1.82) is 0 Å². The van der Waals surface area contributed by atoms with Crippen LogP contribution in [0.3, 0.4) is 0 Å². The van der Waals surface area contributed by atoms with Gasteiger partial charge in [0.25, 0.3) is 10.1 Å². The van der Waals surface area contributed by atoms with Crippen LogP contribution in [0.2, 0.25) is 0 Å². The minimum Gasteiger partial charge on any atom is -0.489 e. The summed E-state index contributed by atoms with van der Waals surface area (Å²) in [5.41, 5.74) is 3.11. The lowest BCUT2D eigenvalue weighted by Crippen LogP contribution is -2.30. The van der Waals surface area contributed by atoms with E-state index in [0.29, 0.717) is 13.0 Å². The molecule has 1 heterocycles. The van der Waals surface area contributed by atoms with E-state index in [9.17, 15) is 8.42 Å². The molecule has 1 saturated heterocycles. The second kappa shape index (κ2) is 10.3. The van der Waals surface area contributed by atoms with Gasteiger partial charge in [-0.05, 0) is 56.2 Å². The summed E-state index contributed by atoms with van der Waals surface area (Å²) in [6, 6.07) is 24.4. The molecule has 0 radical (unpaired) electrons. The van der Waals surface area contributed by atoms with E-state index in [1.807, 2.05) is 75.4 Å². The molecule has 34 heavy (non-hydrogen) atoms. The maximum Gasteiger partial charge on any atom is 0.297 e. The monoisotopic (exact) mass is 482 g/mol. The Morgan fingerprint density at radius 2 is 1.47 bits per heavy atom. The van der Waals surface area contributed by atoms with Crippen molar-refractivity contribution < 1.29 is 26.8 Å². The molecule has 2 atom stereocenters. The number of benzene rings is 3. The third kappa shape index (κ3) is 6.45. The average molecular weight is 483 g/mol. The molecule has 4 rings (SSSR count). The third-order valence-electron chi connectivity index (χ3n) is 5.59. The van der Waals surface area contributed by atoms with Gasteiger partial charge >= 0.3 is 0 Å². The van der Waals surface area contributed by atoms with E-state index in [0.717, 1.165) is 22.4 Å². The lowest BCUT2D eigenvalue weighted by Gasteiger charge is -2.17. The van der Waals surface area contributed by atoms with Crippen molar-refractivity contribution in [1.82, 2.24) is 0 Å². The summed E-state index contributed by atoms with van der Waals surface area (Å²) in [7, 11) is -3.89. The van der Waals surface area contributed by atoms with Crippen LogP contribution in [-0.4, -0.2) is 33.0 Å². The van der Waals surface area contributed by atoms with Crippen LogP contribution < -0.4 is 4.74 Å². The maximum atomic E-state index is 12.6. The van der Waals surface area contributed by atoms with Gasteiger partial charge in [-0.25, -0.2) is 0 Å². The van der Waals surface area contributed by atoms with E-state index in [-0.39, 0.29) is 17.6 Å². The maximum absolute atomic E-state index is 12.6. The fourth-order valence-corrected chi connectivity index (χ4v) is 4.77. The van der Waals surface area contributed by atoms with Gasteiger partial charge < -0.3 is 14.2 Å². The van der Waals surface area contributed by atoms with Crippen molar-refractivity contribution in [3.8, 4) is 5.75 Å². The molecular formula is C27H30O6S. The van der Waals surface area contributed by atoms with Crippen molar-refractivity contribution in [2.45, 2.75) is 56.7 Å². The topological polar surface area (TPSA) is 71.1 Å². The summed E-state index contributed by atoms with van der Waals surface area (Å²) in [6.45, 7) is 5.91. The first-order chi connectivity index (χ1) is 16.2. The number of hydrogen-bond acceptors (Lipinski definition) is 6. The van der Waals surface area contributed by atoms with E-state index < -0.39 is 22.0 Å². The SMILES string of the molecule is Cc1ccc(S(=O)(=O)OC[C@@H]2OC(C)(C)O[C@H]2Cc2ccc(OCc3ccccc3)cc2)cc1. The van der Waals surface area contributed by atoms with Gasteiger partial charge in [0, 0.05) is 6.42 Å². The van der Waals surface area contributed by atoms with E-state index in [2.05, 4.69) is 0 Å². The van der Waals surface area contributed by atoms with Crippen molar-refractivity contribution in [3.05, 3.63) is 95.6 Å². The molecule has 0 spiro atoms. The predicted molar refractivity (Wildman–Crippen MR) is 129 cm³/mol. The fourth-order valence-electron chi connectivity index (χ4n) is 3.85. The lowest BCUT2D eigenvalue weighted by molar-refractivity contribution is -0.148. The Labute approximate surface area is 201 Å². The highest BCUT2D eigenvalue weighted by Crippen LogP contribution is 2.31. The van der Waals surface area contributed by atoms with Crippen LogP contribution in [0.4, 0.5) is 0 Å². The summed E-state index contributed by atoms with van der Waals surface area (Å²) in [5, 5.41) is 0. The van der Waals surface area contributed by atoms with Crippen LogP contribution in [0, 0.1) is 6.92 Å². The smallest absolute Gasteiger partial charge is 0.297 e. The van der Waals surface area contributed by atoms with Gasteiger partial charge in [-0.2, -0.15) is 8.42 Å². The molecule has 0 unspecified atom stereocenters. The van der Waals surface area contributed by atoms with Gasteiger partial charge in [0.1, 0.15) is 18.5 Å². The first-order valence-corrected chi connectivity index (χ1v) is 12.7. The normalized spacial score (nSPS) is 19.7. The molecule has 0 amide bonds. The Balaban J connectivity index is 1.36. The first-order valence-electron chi connectivity index (χ1n) is 11.3. The molecule has 1 aliphatic rings. The zero-order valence-electron chi connectivity index (χ0n) is 19.6. The van der Waals surface area contributed by atoms with Gasteiger partial charge in [0.15, 0.2) is 5.79 Å². The molecule has 7 heteroatoms. The molecule has 0 aliphatic carbocycles. The molecule has 6 nitrogen and oxygen atoms in total. The second-order valence-electron chi connectivity index (χ2n) is 8.89. The molecule has 1 fully saturated rings. The van der Waals surface area contributed by atoms with Crippen LogP contribution in [-0.2, 0) is 36.8 Å². The molecule has 0 saturated carbocycles. The van der Waals surface area contributed by atoms with Crippen LogP contribution in [0.1, 0.15) is 30.5 Å². The van der Waals surface area contributed by atoms with Crippen molar-refractivity contribution in [2.24, 2.45) is 0 Å². The van der Waals surface area contributed by atoms with Gasteiger partial charge in [-0.3, -0.25) is 4.18 Å². The van der Waals surface area contributed by atoms with Crippen LogP contribution in [0.25, 0.3) is 0 Å². The summed E-state index contributed by atoms with van der Waals surface area (Å²) in [6.07, 6.45) is -0.315. The van der Waals surface area contributed by atoms with Gasteiger partial charge in [0.05, 0.1) is 17.6 Å². The highest BCUT2D eigenvalue weighted by atomic mass is 32.2. The lowest BCUT2D eigenvalue weighted by atomic mass is 10.0. The predicted octanol–water partition coefficient (Wildman–Crippen LogP) is 5.04. The van der Waals surface area contributed by atoms with Crippen molar-refractivity contribution in [2.75, 3.05) is 6.61 Å². The van der Waals surface area contributed by atoms with Crippen molar-refractivity contribution >= 4 is 10.1 Å². The zero-order chi connectivity index (χ0) is 24.2. The number of ether oxygens (including phenoxy) is 3.